The minimum atomic E-state index is -0.500. The Morgan fingerprint density at radius 2 is 1.89 bits per heavy atom. The Kier molecular flexibility index (Phi) is 5.33. The van der Waals surface area contributed by atoms with Crippen molar-refractivity contribution in [1.82, 2.24) is 4.57 Å². The van der Waals surface area contributed by atoms with Gasteiger partial charge in [0.25, 0.3) is 17.2 Å². The van der Waals surface area contributed by atoms with E-state index in [-0.39, 0.29) is 23.4 Å². The minimum absolute atomic E-state index is 0.0619. The van der Waals surface area contributed by atoms with E-state index < -0.39 is 10.8 Å². The van der Waals surface area contributed by atoms with Crippen molar-refractivity contribution in [3.05, 3.63) is 103 Å². The number of anilines is 1. The third-order valence-corrected chi connectivity index (χ3v) is 4.17. The van der Waals surface area contributed by atoms with Gasteiger partial charge in [-0.2, -0.15) is 0 Å². The summed E-state index contributed by atoms with van der Waals surface area (Å²) in [6, 6.07) is 15.5. The molecule has 8 heteroatoms. The van der Waals surface area contributed by atoms with Crippen molar-refractivity contribution in [3.63, 3.8) is 0 Å². The van der Waals surface area contributed by atoms with Crippen LogP contribution in [-0.4, -0.2) is 15.4 Å². The van der Waals surface area contributed by atoms with Gasteiger partial charge in [0, 0.05) is 24.4 Å². The molecule has 136 valence electrons. The normalized spacial score (nSPS) is 10.4. The number of pyridine rings is 1. The zero-order valence-corrected chi connectivity index (χ0v) is 14.7. The maximum Gasteiger partial charge on any atom is 0.269 e. The van der Waals surface area contributed by atoms with Crippen LogP contribution in [0, 0.1) is 10.1 Å². The van der Waals surface area contributed by atoms with Crippen molar-refractivity contribution in [3.8, 4) is 0 Å². The molecular formula is C19H14ClN3O4. The van der Waals surface area contributed by atoms with Crippen molar-refractivity contribution in [2.45, 2.75) is 6.54 Å². The first-order valence-corrected chi connectivity index (χ1v) is 8.31. The van der Waals surface area contributed by atoms with E-state index in [4.69, 9.17) is 11.6 Å². The van der Waals surface area contributed by atoms with Crippen LogP contribution in [0.5, 0.6) is 0 Å². The van der Waals surface area contributed by atoms with Crippen molar-refractivity contribution in [2.24, 2.45) is 0 Å². The van der Waals surface area contributed by atoms with E-state index in [0.717, 1.165) is 0 Å². The Labute approximate surface area is 159 Å². The highest BCUT2D eigenvalue weighted by Crippen LogP contribution is 2.21. The van der Waals surface area contributed by atoms with Gasteiger partial charge in [-0.15, -0.1) is 0 Å². The number of aromatic nitrogens is 1. The van der Waals surface area contributed by atoms with E-state index in [1.165, 1.54) is 35.0 Å². The molecule has 2 aromatic carbocycles. The summed E-state index contributed by atoms with van der Waals surface area (Å²) in [5.41, 5.74) is 0.916. The predicted molar refractivity (Wildman–Crippen MR) is 102 cm³/mol. The van der Waals surface area contributed by atoms with E-state index in [1.54, 1.807) is 36.4 Å². The molecular weight excluding hydrogens is 370 g/mol. The molecule has 27 heavy (non-hydrogen) atoms. The number of rotatable bonds is 5. The van der Waals surface area contributed by atoms with E-state index >= 15 is 0 Å². The standard InChI is InChI=1S/C19H14ClN3O4/c20-16-6-1-2-7-17(16)21-19(25)14-8-9-18(24)22(12-14)11-13-4-3-5-15(10-13)23(26)27/h1-10,12H,11H2,(H,21,25). The van der Waals surface area contributed by atoms with Crippen LogP contribution in [-0.2, 0) is 6.54 Å². The van der Waals surface area contributed by atoms with Crippen LogP contribution < -0.4 is 10.9 Å². The number of hydrogen-bond donors (Lipinski definition) is 1. The van der Waals surface area contributed by atoms with Gasteiger partial charge in [0.15, 0.2) is 0 Å². The lowest BCUT2D eigenvalue weighted by atomic mass is 10.2. The van der Waals surface area contributed by atoms with Crippen LogP contribution in [0.15, 0.2) is 71.7 Å². The molecule has 1 aromatic heterocycles. The smallest absolute Gasteiger partial charge is 0.269 e. The van der Waals surface area contributed by atoms with Gasteiger partial charge in [-0.3, -0.25) is 19.7 Å². The number of carbonyl (C=O) groups is 1. The fourth-order valence-electron chi connectivity index (χ4n) is 2.51. The van der Waals surface area contributed by atoms with Gasteiger partial charge in [0.1, 0.15) is 0 Å². The Balaban J connectivity index is 1.85. The highest BCUT2D eigenvalue weighted by atomic mass is 35.5. The first kappa shape index (κ1) is 18.3. The van der Waals surface area contributed by atoms with Crippen LogP contribution in [0.2, 0.25) is 5.02 Å². The average Bonchev–Trinajstić information content (AvgIpc) is 2.65. The van der Waals surface area contributed by atoms with E-state index in [1.807, 2.05) is 0 Å². The monoisotopic (exact) mass is 383 g/mol. The number of para-hydroxylation sites is 1. The Morgan fingerprint density at radius 1 is 1.11 bits per heavy atom. The lowest BCUT2D eigenvalue weighted by Crippen LogP contribution is -2.22. The minimum Gasteiger partial charge on any atom is -0.321 e. The highest BCUT2D eigenvalue weighted by Gasteiger charge is 2.11. The van der Waals surface area contributed by atoms with E-state index in [9.17, 15) is 19.7 Å². The molecule has 0 atom stereocenters. The quantitative estimate of drug-likeness (QED) is 0.536. The summed E-state index contributed by atoms with van der Waals surface area (Å²) in [5, 5.41) is 14.0. The third kappa shape index (κ3) is 4.39. The summed E-state index contributed by atoms with van der Waals surface area (Å²) in [6.45, 7) is 0.105. The van der Waals surface area contributed by atoms with Gasteiger partial charge < -0.3 is 9.88 Å². The fourth-order valence-corrected chi connectivity index (χ4v) is 2.69. The number of carbonyl (C=O) groups excluding carboxylic acids is 1. The van der Waals surface area contributed by atoms with Gasteiger partial charge in [-0.1, -0.05) is 35.9 Å². The van der Waals surface area contributed by atoms with E-state index in [0.29, 0.717) is 16.3 Å². The maximum absolute atomic E-state index is 12.5. The van der Waals surface area contributed by atoms with Crippen LogP contribution in [0.1, 0.15) is 15.9 Å². The number of hydrogen-bond acceptors (Lipinski definition) is 4. The molecule has 0 saturated carbocycles. The predicted octanol–water partition coefficient (Wildman–Crippen LogP) is 3.71. The molecule has 0 fully saturated rings. The lowest BCUT2D eigenvalue weighted by Gasteiger charge is -2.10. The van der Waals surface area contributed by atoms with Crippen molar-refractivity contribution < 1.29 is 9.72 Å². The van der Waals surface area contributed by atoms with Crippen LogP contribution in [0.25, 0.3) is 0 Å². The average molecular weight is 384 g/mol. The third-order valence-electron chi connectivity index (χ3n) is 3.84. The van der Waals surface area contributed by atoms with Crippen molar-refractivity contribution in [1.29, 1.82) is 0 Å². The van der Waals surface area contributed by atoms with Crippen molar-refractivity contribution >= 4 is 28.9 Å². The number of non-ortho nitro benzene ring substituents is 1. The van der Waals surface area contributed by atoms with Gasteiger partial charge in [0.2, 0.25) is 0 Å². The SMILES string of the molecule is O=C(Nc1ccccc1Cl)c1ccc(=O)n(Cc2cccc([N+](=O)[O-])c2)c1. The number of nitrogens with one attached hydrogen (secondary N) is 1. The summed E-state index contributed by atoms with van der Waals surface area (Å²) < 4.78 is 1.32. The summed E-state index contributed by atoms with van der Waals surface area (Å²) in [5.74, 6) is -0.420. The second-order valence-corrected chi connectivity index (χ2v) is 6.15. The zero-order chi connectivity index (χ0) is 19.4. The zero-order valence-electron chi connectivity index (χ0n) is 14.0. The van der Waals surface area contributed by atoms with Gasteiger partial charge in [0.05, 0.1) is 27.7 Å². The molecule has 0 radical (unpaired) electrons. The van der Waals surface area contributed by atoms with Crippen LogP contribution in [0.3, 0.4) is 0 Å². The van der Waals surface area contributed by atoms with Crippen molar-refractivity contribution in [2.75, 3.05) is 5.32 Å². The topological polar surface area (TPSA) is 94.2 Å². The Hall–Kier alpha value is -3.45. The molecule has 0 spiro atoms. The number of amides is 1. The number of nitro benzene ring substituents is 1. The number of halogens is 1. The summed E-state index contributed by atoms with van der Waals surface area (Å²) in [6.07, 6.45) is 1.41. The number of nitro groups is 1. The lowest BCUT2D eigenvalue weighted by molar-refractivity contribution is -0.384. The summed E-state index contributed by atoms with van der Waals surface area (Å²) in [7, 11) is 0. The summed E-state index contributed by atoms with van der Waals surface area (Å²) >= 11 is 6.04. The highest BCUT2D eigenvalue weighted by molar-refractivity contribution is 6.33. The molecule has 0 aliphatic rings. The molecule has 1 heterocycles. The molecule has 3 rings (SSSR count). The molecule has 1 amide bonds. The molecule has 0 aliphatic carbocycles. The van der Waals surface area contributed by atoms with Gasteiger partial charge in [-0.05, 0) is 23.8 Å². The molecule has 1 N–H and O–H groups in total. The number of benzene rings is 2. The van der Waals surface area contributed by atoms with Gasteiger partial charge >= 0.3 is 0 Å². The molecule has 0 unspecified atom stereocenters. The number of nitrogens with zero attached hydrogens (tertiary/aromatic N) is 2. The molecule has 0 aliphatic heterocycles. The molecule has 0 bridgehead atoms. The maximum atomic E-state index is 12.5. The molecule has 7 nitrogen and oxygen atoms in total. The largest absolute Gasteiger partial charge is 0.321 e. The van der Waals surface area contributed by atoms with Crippen LogP contribution in [0.4, 0.5) is 11.4 Å². The first-order valence-electron chi connectivity index (χ1n) is 7.94. The van der Waals surface area contributed by atoms with Crippen LogP contribution >= 0.6 is 11.6 Å². The van der Waals surface area contributed by atoms with Gasteiger partial charge in [-0.25, -0.2) is 0 Å². The second-order valence-electron chi connectivity index (χ2n) is 5.74. The van der Waals surface area contributed by atoms with E-state index in [2.05, 4.69) is 5.32 Å². The second kappa shape index (κ2) is 7.84. The Bertz CT molecular complexity index is 1080. The summed E-state index contributed by atoms with van der Waals surface area (Å²) in [4.78, 5) is 34.9. The fraction of sp³-hybridized carbons (Fsp3) is 0.0526. The molecule has 0 saturated heterocycles. The first-order chi connectivity index (χ1) is 12.9. The Morgan fingerprint density at radius 3 is 2.63 bits per heavy atom. The molecule has 3 aromatic rings.